The number of hydrogen-bond acceptors (Lipinski definition) is 2. The van der Waals surface area contributed by atoms with Crippen molar-refractivity contribution in [2.75, 3.05) is 0 Å². The van der Waals surface area contributed by atoms with Crippen LogP contribution in [0.5, 0.6) is 0 Å². The first kappa shape index (κ1) is 13.9. The third-order valence-corrected chi connectivity index (χ3v) is 4.32. The van der Waals surface area contributed by atoms with Crippen molar-refractivity contribution >= 4 is 21.5 Å². The van der Waals surface area contributed by atoms with Crippen LogP contribution in [0.1, 0.15) is 18.6 Å². The molecule has 0 aliphatic carbocycles. The van der Waals surface area contributed by atoms with E-state index in [0.29, 0.717) is 0 Å². The van der Waals surface area contributed by atoms with Gasteiger partial charge in [-0.2, -0.15) is 0 Å². The number of hydrogen-bond donors (Lipinski definition) is 1. The lowest BCUT2D eigenvalue weighted by atomic mass is 9.91. The highest BCUT2D eigenvalue weighted by atomic mass is 16.3. The molecule has 2 heteroatoms. The Kier molecular flexibility index (Phi) is 3.32. The first-order valence-electron chi connectivity index (χ1n) is 7.79. The van der Waals surface area contributed by atoms with Gasteiger partial charge in [0.25, 0.3) is 0 Å². The quantitative estimate of drug-likeness (QED) is 0.558. The van der Waals surface area contributed by atoms with Gasteiger partial charge in [0.15, 0.2) is 0 Å². The lowest BCUT2D eigenvalue weighted by Gasteiger charge is -2.16. The number of rotatable bonds is 2. The predicted molar refractivity (Wildman–Crippen MR) is 95.3 cm³/mol. The second kappa shape index (κ2) is 5.49. The summed E-state index contributed by atoms with van der Waals surface area (Å²) in [7, 11) is 0. The van der Waals surface area contributed by atoms with E-state index in [1.807, 2.05) is 42.6 Å². The molecule has 1 heterocycles. The van der Waals surface area contributed by atoms with Crippen molar-refractivity contribution in [1.82, 2.24) is 4.98 Å². The van der Waals surface area contributed by atoms with Crippen molar-refractivity contribution in [2.24, 2.45) is 0 Å². The third-order valence-electron chi connectivity index (χ3n) is 4.32. The fraction of sp³-hybridized carbons (Fsp3) is 0.0952. The molecule has 0 bridgehead atoms. The summed E-state index contributed by atoms with van der Waals surface area (Å²) >= 11 is 0. The third kappa shape index (κ3) is 2.28. The summed E-state index contributed by atoms with van der Waals surface area (Å²) in [6.07, 6.45) is 1.29. The molecule has 4 rings (SSSR count). The zero-order valence-electron chi connectivity index (χ0n) is 12.9. The molecule has 1 N–H and O–H groups in total. The van der Waals surface area contributed by atoms with Crippen molar-refractivity contribution < 1.29 is 5.11 Å². The molecule has 0 spiro atoms. The molecule has 3 aromatic carbocycles. The number of aliphatic hydroxyl groups excluding tert-OH is 1. The van der Waals surface area contributed by atoms with Gasteiger partial charge < -0.3 is 5.11 Å². The highest BCUT2D eigenvalue weighted by Crippen LogP contribution is 2.37. The summed E-state index contributed by atoms with van der Waals surface area (Å²) in [5, 5.41) is 14.8. The number of aromatic nitrogens is 1. The molecule has 0 amide bonds. The average Bonchev–Trinajstić information content (AvgIpc) is 2.60. The molecule has 1 aromatic heterocycles. The summed E-state index contributed by atoms with van der Waals surface area (Å²) in [6, 6.07) is 22.6. The highest BCUT2D eigenvalue weighted by Gasteiger charge is 2.16. The van der Waals surface area contributed by atoms with Crippen LogP contribution in [0.15, 0.2) is 72.9 Å². The van der Waals surface area contributed by atoms with E-state index in [1.165, 1.54) is 0 Å². The zero-order valence-corrected chi connectivity index (χ0v) is 12.9. The Hall–Kier alpha value is -2.71. The van der Waals surface area contributed by atoms with Crippen LogP contribution in [0.4, 0.5) is 0 Å². The molecule has 23 heavy (non-hydrogen) atoms. The van der Waals surface area contributed by atoms with E-state index in [1.54, 1.807) is 6.92 Å². The van der Waals surface area contributed by atoms with Crippen LogP contribution in [0.25, 0.3) is 32.8 Å². The molecule has 4 aromatic rings. The Bertz CT molecular complexity index is 999. The van der Waals surface area contributed by atoms with Crippen LogP contribution in [-0.2, 0) is 0 Å². The van der Waals surface area contributed by atoms with Crippen molar-refractivity contribution in [1.29, 1.82) is 0 Å². The number of benzene rings is 3. The minimum atomic E-state index is -0.546. The van der Waals surface area contributed by atoms with Crippen LogP contribution in [0, 0.1) is 0 Å². The van der Waals surface area contributed by atoms with Crippen molar-refractivity contribution in [2.45, 2.75) is 13.0 Å². The van der Waals surface area contributed by atoms with Crippen LogP contribution in [0.3, 0.4) is 0 Å². The van der Waals surface area contributed by atoms with Crippen molar-refractivity contribution in [3.8, 4) is 11.3 Å². The topological polar surface area (TPSA) is 33.1 Å². The monoisotopic (exact) mass is 299 g/mol. The molecule has 0 radical (unpaired) electrons. The predicted octanol–water partition coefficient (Wildman–Crippen LogP) is 5.11. The van der Waals surface area contributed by atoms with Crippen LogP contribution in [0.2, 0.25) is 0 Å². The van der Waals surface area contributed by atoms with Gasteiger partial charge >= 0.3 is 0 Å². The summed E-state index contributed by atoms with van der Waals surface area (Å²) in [6.45, 7) is 1.80. The Morgan fingerprint density at radius 1 is 0.783 bits per heavy atom. The van der Waals surface area contributed by atoms with E-state index in [2.05, 4.69) is 35.3 Å². The van der Waals surface area contributed by atoms with Gasteiger partial charge in [0.05, 0.1) is 11.8 Å². The van der Waals surface area contributed by atoms with Gasteiger partial charge in [-0.3, -0.25) is 4.98 Å². The van der Waals surface area contributed by atoms with Crippen LogP contribution < -0.4 is 0 Å². The van der Waals surface area contributed by atoms with Gasteiger partial charge in [0.2, 0.25) is 0 Å². The first-order chi connectivity index (χ1) is 11.3. The maximum Gasteiger partial charge on any atom is 0.0790 e. The molecule has 0 aliphatic heterocycles. The average molecular weight is 299 g/mol. The maximum absolute atomic E-state index is 10.3. The lowest BCUT2D eigenvalue weighted by molar-refractivity contribution is 0.200. The van der Waals surface area contributed by atoms with E-state index in [0.717, 1.165) is 38.4 Å². The summed E-state index contributed by atoms with van der Waals surface area (Å²) < 4.78 is 0. The Morgan fingerprint density at radius 2 is 1.43 bits per heavy atom. The van der Waals surface area contributed by atoms with Crippen molar-refractivity contribution in [3.05, 3.63) is 78.5 Å². The fourth-order valence-electron chi connectivity index (χ4n) is 3.22. The number of fused-ring (bicyclic) bond motifs is 2. The van der Waals surface area contributed by atoms with Gasteiger partial charge in [-0.05, 0) is 34.7 Å². The second-order valence-electron chi connectivity index (χ2n) is 5.81. The lowest BCUT2D eigenvalue weighted by Crippen LogP contribution is -1.98. The van der Waals surface area contributed by atoms with Crippen LogP contribution >= 0.6 is 0 Å². The highest BCUT2D eigenvalue weighted by molar-refractivity contribution is 6.05. The number of pyridine rings is 1. The van der Waals surface area contributed by atoms with Crippen molar-refractivity contribution in [3.63, 3.8) is 0 Å². The van der Waals surface area contributed by atoms with Gasteiger partial charge in [0.1, 0.15) is 0 Å². The molecule has 0 saturated heterocycles. The second-order valence-corrected chi connectivity index (χ2v) is 5.81. The summed E-state index contributed by atoms with van der Waals surface area (Å²) in [5.74, 6) is 0. The largest absolute Gasteiger partial charge is 0.389 e. The van der Waals surface area contributed by atoms with Gasteiger partial charge in [0, 0.05) is 17.1 Å². The van der Waals surface area contributed by atoms with E-state index in [4.69, 9.17) is 0 Å². The van der Waals surface area contributed by atoms with Gasteiger partial charge in [-0.25, -0.2) is 0 Å². The first-order valence-corrected chi connectivity index (χ1v) is 7.79. The van der Waals surface area contributed by atoms with E-state index >= 15 is 0 Å². The Balaban J connectivity index is 2.17. The molecule has 0 unspecified atom stereocenters. The zero-order chi connectivity index (χ0) is 15.8. The molecular formula is C21H17NO. The smallest absolute Gasteiger partial charge is 0.0790 e. The van der Waals surface area contributed by atoms with E-state index < -0.39 is 6.10 Å². The molecule has 1 atom stereocenters. The fourth-order valence-corrected chi connectivity index (χ4v) is 3.22. The minimum absolute atomic E-state index is 0.546. The van der Waals surface area contributed by atoms with E-state index in [-0.39, 0.29) is 0 Å². The Morgan fingerprint density at radius 3 is 2.17 bits per heavy atom. The minimum Gasteiger partial charge on any atom is -0.389 e. The maximum atomic E-state index is 10.3. The van der Waals surface area contributed by atoms with Crippen LogP contribution in [-0.4, -0.2) is 10.1 Å². The SMILES string of the molecule is C[C@@H](O)c1ccc2ccccc2c1-c1nccc2ccccc12. The van der Waals surface area contributed by atoms with E-state index in [9.17, 15) is 5.11 Å². The molecule has 0 aliphatic rings. The molecule has 0 saturated carbocycles. The molecule has 112 valence electrons. The summed E-state index contributed by atoms with van der Waals surface area (Å²) in [5.41, 5.74) is 2.86. The molecule has 0 fully saturated rings. The number of nitrogens with zero attached hydrogens (tertiary/aromatic N) is 1. The molecule has 2 nitrogen and oxygen atoms in total. The Labute approximate surface area is 135 Å². The standard InChI is InChI=1S/C21H17NO/c1-14(23)17-11-10-15-6-2-4-8-18(15)20(17)21-19-9-5-3-7-16(19)12-13-22-21/h2-14,23H,1H3/t14-/m1/s1. The van der Waals surface area contributed by atoms with Gasteiger partial charge in [-0.15, -0.1) is 0 Å². The molecular weight excluding hydrogens is 282 g/mol. The van der Waals surface area contributed by atoms with Gasteiger partial charge in [-0.1, -0.05) is 60.7 Å². The summed E-state index contributed by atoms with van der Waals surface area (Å²) in [4.78, 5) is 4.66. The normalized spacial score (nSPS) is 12.6. The number of aliphatic hydroxyl groups is 1.